The maximum absolute atomic E-state index is 10.9. The average molecular weight is 265 g/mol. The van der Waals surface area contributed by atoms with Gasteiger partial charge < -0.3 is 15.2 Å². The first-order chi connectivity index (χ1) is 8.81. The lowest BCUT2D eigenvalue weighted by atomic mass is 10.1. The first kappa shape index (κ1) is 15.5. The minimum Gasteiger partial charge on any atom is -0.491 e. The van der Waals surface area contributed by atoms with Crippen LogP contribution in [0.1, 0.15) is 33.3 Å². The van der Waals surface area contributed by atoms with Crippen LogP contribution >= 0.6 is 0 Å². The highest BCUT2D eigenvalue weighted by Gasteiger charge is 2.25. The number of carboxylic acid groups (broad SMARTS) is 1. The van der Waals surface area contributed by atoms with Crippen molar-refractivity contribution in [3.63, 3.8) is 0 Å². The zero-order chi connectivity index (χ0) is 14.5. The molecule has 0 unspecified atom stereocenters. The van der Waals surface area contributed by atoms with Crippen LogP contribution in [0.5, 0.6) is 5.75 Å². The van der Waals surface area contributed by atoms with Crippen LogP contribution in [0, 0.1) is 0 Å². The number of rotatable bonds is 7. The van der Waals surface area contributed by atoms with E-state index in [9.17, 15) is 4.79 Å². The molecule has 1 aromatic rings. The molecular weight excluding hydrogens is 242 g/mol. The van der Waals surface area contributed by atoms with Gasteiger partial charge in [0.1, 0.15) is 11.3 Å². The number of ether oxygens (including phenoxy) is 1. The van der Waals surface area contributed by atoms with Crippen molar-refractivity contribution in [2.24, 2.45) is 0 Å². The Bertz CT molecular complexity index is 410. The van der Waals surface area contributed by atoms with Gasteiger partial charge in [-0.3, -0.25) is 4.79 Å². The SMILES string of the molecule is CC(C)Oc1ccc(CCNC(C)(C)C(=O)O)cc1. The molecule has 0 aliphatic rings. The van der Waals surface area contributed by atoms with Gasteiger partial charge in [0, 0.05) is 6.54 Å². The molecule has 0 fully saturated rings. The quantitative estimate of drug-likeness (QED) is 0.795. The van der Waals surface area contributed by atoms with E-state index in [1.807, 2.05) is 38.1 Å². The van der Waals surface area contributed by atoms with Crippen molar-refractivity contribution in [3.8, 4) is 5.75 Å². The van der Waals surface area contributed by atoms with Gasteiger partial charge in [-0.15, -0.1) is 0 Å². The standard InChI is InChI=1S/C15H23NO3/c1-11(2)19-13-7-5-12(6-8-13)9-10-16-15(3,4)14(17)18/h5-8,11,16H,9-10H2,1-4H3,(H,17,18). The predicted octanol–water partition coefficient (Wildman–Crippen LogP) is 2.47. The lowest BCUT2D eigenvalue weighted by Gasteiger charge is -2.21. The third-order valence-corrected chi connectivity index (χ3v) is 2.81. The van der Waals surface area contributed by atoms with E-state index >= 15 is 0 Å². The fourth-order valence-electron chi connectivity index (χ4n) is 1.60. The molecule has 1 rings (SSSR count). The molecule has 4 heteroatoms. The van der Waals surface area contributed by atoms with Gasteiger partial charge in [0.25, 0.3) is 0 Å². The number of carbonyl (C=O) groups is 1. The second-order valence-electron chi connectivity index (χ2n) is 5.42. The summed E-state index contributed by atoms with van der Waals surface area (Å²) in [6.45, 7) is 7.94. The van der Waals surface area contributed by atoms with E-state index < -0.39 is 11.5 Å². The zero-order valence-corrected chi connectivity index (χ0v) is 12.1. The van der Waals surface area contributed by atoms with Crippen molar-refractivity contribution < 1.29 is 14.6 Å². The van der Waals surface area contributed by atoms with Crippen LogP contribution in [-0.2, 0) is 11.2 Å². The molecule has 0 heterocycles. The molecule has 0 saturated heterocycles. The molecule has 106 valence electrons. The molecule has 0 aliphatic carbocycles. The Kier molecular flexibility index (Phi) is 5.36. The highest BCUT2D eigenvalue weighted by molar-refractivity contribution is 5.77. The van der Waals surface area contributed by atoms with Crippen LogP contribution < -0.4 is 10.1 Å². The molecule has 0 spiro atoms. The van der Waals surface area contributed by atoms with Gasteiger partial charge in [0.15, 0.2) is 0 Å². The van der Waals surface area contributed by atoms with Crippen molar-refractivity contribution >= 4 is 5.97 Å². The van der Waals surface area contributed by atoms with E-state index in [0.717, 1.165) is 17.7 Å². The summed E-state index contributed by atoms with van der Waals surface area (Å²) in [5, 5.41) is 12.0. The summed E-state index contributed by atoms with van der Waals surface area (Å²) in [5.41, 5.74) is 0.269. The lowest BCUT2D eigenvalue weighted by molar-refractivity contribution is -0.143. The fraction of sp³-hybridized carbons (Fsp3) is 0.533. The molecule has 0 radical (unpaired) electrons. The lowest BCUT2D eigenvalue weighted by Crippen LogP contribution is -2.47. The highest BCUT2D eigenvalue weighted by Crippen LogP contribution is 2.14. The van der Waals surface area contributed by atoms with Gasteiger partial charge in [-0.25, -0.2) is 0 Å². The van der Waals surface area contributed by atoms with Gasteiger partial charge in [-0.2, -0.15) is 0 Å². The van der Waals surface area contributed by atoms with E-state index in [4.69, 9.17) is 9.84 Å². The molecular formula is C15H23NO3. The maximum Gasteiger partial charge on any atom is 0.323 e. The van der Waals surface area contributed by atoms with Crippen LogP contribution in [0.3, 0.4) is 0 Å². The fourth-order valence-corrected chi connectivity index (χ4v) is 1.60. The largest absolute Gasteiger partial charge is 0.491 e. The van der Waals surface area contributed by atoms with Gasteiger partial charge >= 0.3 is 5.97 Å². The second kappa shape index (κ2) is 6.57. The molecule has 0 bridgehead atoms. The van der Waals surface area contributed by atoms with Gasteiger partial charge in [-0.05, 0) is 51.8 Å². The Hall–Kier alpha value is -1.55. The zero-order valence-electron chi connectivity index (χ0n) is 12.1. The second-order valence-corrected chi connectivity index (χ2v) is 5.42. The van der Waals surface area contributed by atoms with E-state index in [1.165, 1.54) is 0 Å². The topological polar surface area (TPSA) is 58.6 Å². The van der Waals surface area contributed by atoms with Crippen molar-refractivity contribution in [3.05, 3.63) is 29.8 Å². The predicted molar refractivity (Wildman–Crippen MR) is 75.6 cm³/mol. The van der Waals surface area contributed by atoms with Crippen LogP contribution in [0.15, 0.2) is 24.3 Å². The van der Waals surface area contributed by atoms with Crippen molar-refractivity contribution in [1.29, 1.82) is 0 Å². The number of aliphatic carboxylic acids is 1. The molecule has 0 aliphatic heterocycles. The molecule has 1 aromatic carbocycles. The van der Waals surface area contributed by atoms with E-state index in [2.05, 4.69) is 5.32 Å². The Morgan fingerprint density at radius 3 is 2.37 bits per heavy atom. The number of nitrogens with one attached hydrogen (secondary N) is 1. The summed E-state index contributed by atoms with van der Waals surface area (Å²) < 4.78 is 5.57. The van der Waals surface area contributed by atoms with E-state index in [-0.39, 0.29) is 6.10 Å². The molecule has 0 atom stereocenters. The number of benzene rings is 1. The van der Waals surface area contributed by atoms with Gasteiger partial charge in [-0.1, -0.05) is 12.1 Å². The molecule has 0 amide bonds. The molecule has 2 N–H and O–H groups in total. The highest BCUT2D eigenvalue weighted by atomic mass is 16.5. The van der Waals surface area contributed by atoms with Crippen LogP contribution in [0.2, 0.25) is 0 Å². The molecule has 4 nitrogen and oxygen atoms in total. The average Bonchev–Trinajstić information content (AvgIpc) is 2.30. The summed E-state index contributed by atoms with van der Waals surface area (Å²) in [5.74, 6) is 0.0192. The smallest absolute Gasteiger partial charge is 0.323 e. The molecule has 0 aromatic heterocycles. The van der Waals surface area contributed by atoms with Crippen LogP contribution in [0.4, 0.5) is 0 Å². The van der Waals surface area contributed by atoms with E-state index in [0.29, 0.717) is 6.54 Å². The Morgan fingerprint density at radius 2 is 1.89 bits per heavy atom. The van der Waals surface area contributed by atoms with Crippen molar-refractivity contribution in [2.75, 3.05) is 6.54 Å². The maximum atomic E-state index is 10.9. The summed E-state index contributed by atoms with van der Waals surface area (Å²) in [6.07, 6.45) is 0.961. The third-order valence-electron chi connectivity index (χ3n) is 2.81. The first-order valence-corrected chi connectivity index (χ1v) is 6.55. The minimum atomic E-state index is -0.888. The summed E-state index contributed by atoms with van der Waals surface area (Å²) >= 11 is 0. The number of carboxylic acids is 1. The molecule has 19 heavy (non-hydrogen) atoms. The monoisotopic (exact) mass is 265 g/mol. The Labute approximate surface area is 114 Å². The summed E-state index contributed by atoms with van der Waals surface area (Å²) in [4.78, 5) is 10.9. The summed E-state index contributed by atoms with van der Waals surface area (Å²) in [6, 6.07) is 7.90. The van der Waals surface area contributed by atoms with Crippen molar-refractivity contribution in [1.82, 2.24) is 5.32 Å². The van der Waals surface area contributed by atoms with Crippen LogP contribution in [-0.4, -0.2) is 29.3 Å². The van der Waals surface area contributed by atoms with E-state index in [1.54, 1.807) is 13.8 Å². The van der Waals surface area contributed by atoms with Crippen LogP contribution in [0.25, 0.3) is 0 Å². The number of hydrogen-bond donors (Lipinski definition) is 2. The normalized spacial score (nSPS) is 11.6. The third kappa shape index (κ3) is 5.30. The van der Waals surface area contributed by atoms with Gasteiger partial charge in [0.2, 0.25) is 0 Å². The first-order valence-electron chi connectivity index (χ1n) is 6.55. The van der Waals surface area contributed by atoms with Crippen molar-refractivity contribution in [2.45, 2.75) is 45.8 Å². The summed E-state index contributed by atoms with van der Waals surface area (Å²) in [7, 11) is 0. The number of hydrogen-bond acceptors (Lipinski definition) is 3. The van der Waals surface area contributed by atoms with Gasteiger partial charge in [0.05, 0.1) is 6.10 Å². The minimum absolute atomic E-state index is 0.170. The Balaban J connectivity index is 2.44. The Morgan fingerprint density at radius 1 is 1.32 bits per heavy atom. The molecule has 0 saturated carbocycles.